The third kappa shape index (κ3) is 3.74. The van der Waals surface area contributed by atoms with Gasteiger partial charge in [-0.15, -0.1) is 0 Å². The summed E-state index contributed by atoms with van der Waals surface area (Å²) in [5, 5.41) is 0. The number of likely N-dealkylation sites (N-methyl/N-ethyl adjacent to an activating group) is 1. The number of hydrogen-bond acceptors (Lipinski definition) is 3. The summed E-state index contributed by atoms with van der Waals surface area (Å²) in [5.74, 6) is 0.703. The summed E-state index contributed by atoms with van der Waals surface area (Å²) >= 11 is 0. The van der Waals surface area contributed by atoms with Crippen LogP contribution in [0.1, 0.15) is 53.4 Å². The van der Waals surface area contributed by atoms with Crippen molar-refractivity contribution in [2.75, 3.05) is 40.4 Å². The quantitative estimate of drug-likeness (QED) is 0.507. The predicted molar refractivity (Wildman–Crippen MR) is 92.1 cm³/mol. The van der Waals surface area contributed by atoms with Gasteiger partial charge >= 0.3 is 5.97 Å². The summed E-state index contributed by atoms with van der Waals surface area (Å²) in [4.78, 5) is 11.8. The molecule has 2 aliphatic carbocycles. The number of quaternary nitrogens is 1. The molecule has 0 aromatic heterocycles. The molecule has 2 bridgehead atoms. The minimum Gasteiger partial charge on any atom is -0.462 e. The van der Waals surface area contributed by atoms with Crippen LogP contribution in [0.4, 0.5) is 0 Å². The Bertz CT molecular complexity index is 432. The second kappa shape index (κ2) is 6.72. The molecule has 2 rings (SSSR count). The maximum absolute atomic E-state index is 11.8. The number of nitrogens with zero attached hydrogens (tertiary/aromatic N) is 1. The second-order valence-electron chi connectivity index (χ2n) is 9.01. The molecule has 0 aromatic rings. The number of carbonyl (C=O) groups excluding carboxylic acids is 1. The normalized spacial score (nSPS) is 32.3. The van der Waals surface area contributed by atoms with Gasteiger partial charge in [0.2, 0.25) is 0 Å². The summed E-state index contributed by atoms with van der Waals surface area (Å²) in [6, 6.07) is 0. The number of hydrogen-bond donors (Lipinski definition) is 0. The van der Waals surface area contributed by atoms with Crippen LogP contribution in [0.2, 0.25) is 0 Å². The molecule has 23 heavy (non-hydrogen) atoms. The van der Waals surface area contributed by atoms with Gasteiger partial charge < -0.3 is 14.0 Å². The first-order valence-electron chi connectivity index (χ1n) is 9.21. The van der Waals surface area contributed by atoms with Crippen LogP contribution in [-0.4, -0.2) is 57.0 Å². The van der Waals surface area contributed by atoms with E-state index in [1.165, 1.54) is 19.3 Å². The zero-order valence-electron chi connectivity index (χ0n) is 16.0. The fourth-order valence-electron chi connectivity index (χ4n) is 4.51. The lowest BCUT2D eigenvalue weighted by Crippen LogP contribution is -2.47. The van der Waals surface area contributed by atoms with Gasteiger partial charge in [-0.1, -0.05) is 27.7 Å². The highest BCUT2D eigenvalue weighted by molar-refractivity contribution is 5.70. The molecule has 0 saturated heterocycles. The van der Waals surface area contributed by atoms with Gasteiger partial charge in [-0.3, -0.25) is 0 Å². The van der Waals surface area contributed by atoms with E-state index in [-0.39, 0.29) is 5.97 Å². The molecule has 2 saturated carbocycles. The van der Waals surface area contributed by atoms with E-state index in [1.54, 1.807) is 0 Å². The fraction of sp³-hybridized carbons (Fsp3) is 0.947. The van der Waals surface area contributed by atoms with Crippen LogP contribution in [0, 0.1) is 16.7 Å². The summed E-state index contributed by atoms with van der Waals surface area (Å²) < 4.78 is 12.1. The maximum Gasteiger partial charge on any atom is 0.361 e. The average Bonchev–Trinajstić information content (AvgIpc) is 2.77. The molecule has 0 aliphatic heterocycles. The van der Waals surface area contributed by atoms with Gasteiger partial charge in [0.1, 0.15) is 6.54 Å². The summed E-state index contributed by atoms with van der Waals surface area (Å²) in [7, 11) is 4.14. The molecule has 0 heterocycles. The first-order valence-corrected chi connectivity index (χ1v) is 9.21. The molecule has 0 unspecified atom stereocenters. The molecular weight excluding hydrogens is 290 g/mol. The van der Waals surface area contributed by atoms with E-state index in [1.807, 2.05) is 6.92 Å². The predicted octanol–water partition coefficient (Wildman–Crippen LogP) is 3.25. The van der Waals surface area contributed by atoms with Gasteiger partial charge in [-0.2, -0.15) is 0 Å². The molecule has 0 aromatic carbocycles. The highest BCUT2D eigenvalue weighted by atomic mass is 16.5. The molecule has 2 fully saturated rings. The van der Waals surface area contributed by atoms with Crippen LogP contribution >= 0.6 is 0 Å². The number of carbonyl (C=O) groups is 1. The minimum absolute atomic E-state index is 0.107. The van der Waals surface area contributed by atoms with Crippen molar-refractivity contribution in [2.45, 2.75) is 59.5 Å². The number of rotatable bonds is 8. The number of ether oxygens (including phenoxy) is 2. The van der Waals surface area contributed by atoms with Crippen LogP contribution in [0.15, 0.2) is 0 Å². The Balaban J connectivity index is 1.78. The molecular formula is C19H36NO3+. The van der Waals surface area contributed by atoms with Crippen molar-refractivity contribution in [2.24, 2.45) is 16.7 Å². The summed E-state index contributed by atoms with van der Waals surface area (Å²) in [6.45, 7) is 11.8. The topological polar surface area (TPSA) is 35.5 Å². The van der Waals surface area contributed by atoms with Gasteiger partial charge in [0.15, 0.2) is 6.54 Å². The van der Waals surface area contributed by atoms with Gasteiger partial charge in [0, 0.05) is 0 Å². The SMILES string of the molecule is CCCOC(=O)C[N+](C)(C)CCO[C@@H]1C[C@@H]2CC[C@]1(C)C2(C)C. The molecule has 0 radical (unpaired) electrons. The van der Waals surface area contributed by atoms with Crippen LogP contribution in [-0.2, 0) is 14.3 Å². The van der Waals surface area contributed by atoms with Crippen molar-refractivity contribution in [3.63, 3.8) is 0 Å². The van der Waals surface area contributed by atoms with E-state index in [2.05, 4.69) is 34.9 Å². The Labute approximate surface area is 142 Å². The van der Waals surface area contributed by atoms with Crippen LogP contribution < -0.4 is 0 Å². The number of esters is 1. The third-order valence-electron chi connectivity index (χ3n) is 6.75. The second-order valence-corrected chi connectivity index (χ2v) is 9.01. The van der Waals surface area contributed by atoms with E-state index >= 15 is 0 Å². The van der Waals surface area contributed by atoms with E-state index in [0.29, 0.717) is 34.6 Å². The first kappa shape index (κ1) is 18.7. The molecule has 0 amide bonds. The molecule has 0 N–H and O–H groups in total. The van der Waals surface area contributed by atoms with Crippen molar-refractivity contribution in [3.8, 4) is 0 Å². The Kier molecular flexibility index (Phi) is 5.47. The van der Waals surface area contributed by atoms with Crippen LogP contribution in [0.3, 0.4) is 0 Å². The highest BCUT2D eigenvalue weighted by Crippen LogP contribution is 2.66. The lowest BCUT2D eigenvalue weighted by molar-refractivity contribution is -0.883. The zero-order chi connectivity index (χ0) is 17.3. The van der Waals surface area contributed by atoms with Gasteiger partial charge in [-0.25, -0.2) is 4.79 Å². The maximum atomic E-state index is 11.8. The standard InChI is InChI=1S/C19H36NO3/c1-7-11-23-17(21)14-20(5,6)10-12-22-16-13-15-8-9-19(16,4)18(15,2)3/h15-16H,7-14H2,1-6H3/q+1/t15-,16+,19-/m0/s1. The van der Waals surface area contributed by atoms with Crippen molar-refractivity contribution in [3.05, 3.63) is 0 Å². The van der Waals surface area contributed by atoms with Crippen molar-refractivity contribution < 1.29 is 18.8 Å². The largest absolute Gasteiger partial charge is 0.462 e. The third-order valence-corrected chi connectivity index (χ3v) is 6.75. The van der Waals surface area contributed by atoms with Crippen molar-refractivity contribution in [1.29, 1.82) is 0 Å². The van der Waals surface area contributed by atoms with Gasteiger partial charge in [0.25, 0.3) is 0 Å². The van der Waals surface area contributed by atoms with Crippen molar-refractivity contribution in [1.82, 2.24) is 0 Å². The smallest absolute Gasteiger partial charge is 0.361 e. The summed E-state index contributed by atoms with van der Waals surface area (Å²) in [5.41, 5.74) is 0.709. The molecule has 2 aliphatic rings. The van der Waals surface area contributed by atoms with E-state index in [4.69, 9.17) is 9.47 Å². The monoisotopic (exact) mass is 326 g/mol. The highest BCUT2D eigenvalue weighted by Gasteiger charge is 2.61. The van der Waals surface area contributed by atoms with Crippen molar-refractivity contribution >= 4 is 5.97 Å². The molecule has 0 spiro atoms. The number of fused-ring (bicyclic) bond motifs is 2. The van der Waals surface area contributed by atoms with Gasteiger partial charge in [-0.05, 0) is 42.4 Å². The van der Waals surface area contributed by atoms with Gasteiger partial charge in [0.05, 0.1) is 33.4 Å². The molecule has 134 valence electrons. The molecule has 4 heteroatoms. The first-order chi connectivity index (χ1) is 10.6. The lowest BCUT2D eigenvalue weighted by atomic mass is 9.70. The fourth-order valence-corrected chi connectivity index (χ4v) is 4.51. The zero-order valence-corrected chi connectivity index (χ0v) is 16.0. The average molecular weight is 327 g/mol. The van der Waals surface area contributed by atoms with E-state index in [0.717, 1.165) is 25.5 Å². The Morgan fingerprint density at radius 3 is 2.43 bits per heavy atom. The van der Waals surface area contributed by atoms with E-state index in [9.17, 15) is 4.79 Å². The molecule has 3 atom stereocenters. The summed E-state index contributed by atoms with van der Waals surface area (Å²) in [6.07, 6.45) is 5.10. The Morgan fingerprint density at radius 1 is 1.22 bits per heavy atom. The van der Waals surface area contributed by atoms with Crippen LogP contribution in [0.25, 0.3) is 0 Å². The molecule has 4 nitrogen and oxygen atoms in total. The van der Waals surface area contributed by atoms with Crippen LogP contribution in [0.5, 0.6) is 0 Å². The van der Waals surface area contributed by atoms with E-state index < -0.39 is 0 Å². The lowest BCUT2D eigenvalue weighted by Gasteiger charge is -2.39. The minimum atomic E-state index is -0.107. The Morgan fingerprint density at radius 2 is 1.91 bits per heavy atom. The Hall–Kier alpha value is -0.610.